The van der Waals surface area contributed by atoms with Crippen LogP contribution in [0.5, 0.6) is 0 Å². The predicted molar refractivity (Wildman–Crippen MR) is 72.9 cm³/mol. The van der Waals surface area contributed by atoms with Gasteiger partial charge < -0.3 is 11.1 Å². The van der Waals surface area contributed by atoms with Crippen molar-refractivity contribution in [2.24, 2.45) is 5.92 Å². The van der Waals surface area contributed by atoms with E-state index in [1.54, 1.807) is 0 Å². The molecule has 1 aliphatic heterocycles. The summed E-state index contributed by atoms with van der Waals surface area (Å²) in [7, 11) is 0. The zero-order chi connectivity index (χ0) is 12.3. The Hall–Kier alpha value is -0.870. The molecular weight excluding hydrogens is 280 g/mol. The number of anilines is 1. The Bertz CT molecular complexity index is 414. The number of carbonyl (C=O) groups is 1. The Balaban J connectivity index is 1.95. The number of hydrogen-bond donors (Lipinski definition) is 2. The summed E-state index contributed by atoms with van der Waals surface area (Å²) in [5.74, 6) is 0.791. The van der Waals surface area contributed by atoms with E-state index >= 15 is 0 Å². The van der Waals surface area contributed by atoms with Gasteiger partial charge in [0.25, 0.3) is 0 Å². The highest BCUT2D eigenvalue weighted by molar-refractivity contribution is 9.10. The first-order valence-electron chi connectivity index (χ1n) is 5.91. The van der Waals surface area contributed by atoms with Gasteiger partial charge in [-0.05, 0) is 49.2 Å². The second-order valence-electron chi connectivity index (χ2n) is 4.62. The van der Waals surface area contributed by atoms with Crippen LogP contribution in [-0.2, 0) is 11.2 Å². The third kappa shape index (κ3) is 3.54. The summed E-state index contributed by atoms with van der Waals surface area (Å²) in [6.45, 7) is 2.01. The van der Waals surface area contributed by atoms with Crippen LogP contribution < -0.4 is 11.1 Å². The molecule has 1 heterocycles. The smallest absolute Gasteiger partial charge is 0.137 e. The fourth-order valence-electron chi connectivity index (χ4n) is 2.22. The van der Waals surface area contributed by atoms with Crippen LogP contribution in [0.2, 0.25) is 0 Å². The number of nitrogens with two attached hydrogens (primary N) is 1. The van der Waals surface area contributed by atoms with Crippen molar-refractivity contribution in [1.82, 2.24) is 5.32 Å². The fraction of sp³-hybridized carbons (Fsp3) is 0.462. The van der Waals surface area contributed by atoms with Gasteiger partial charge in [0, 0.05) is 23.0 Å². The van der Waals surface area contributed by atoms with E-state index < -0.39 is 0 Å². The van der Waals surface area contributed by atoms with Gasteiger partial charge in [-0.2, -0.15) is 0 Å². The molecule has 0 spiro atoms. The Morgan fingerprint density at radius 2 is 2.35 bits per heavy atom. The van der Waals surface area contributed by atoms with Crippen LogP contribution in [0.3, 0.4) is 0 Å². The summed E-state index contributed by atoms with van der Waals surface area (Å²) in [6, 6.07) is 5.66. The Morgan fingerprint density at radius 1 is 1.53 bits per heavy atom. The average Bonchev–Trinajstić information content (AvgIpc) is 2.76. The van der Waals surface area contributed by atoms with Crippen LogP contribution in [0.4, 0.5) is 5.69 Å². The van der Waals surface area contributed by atoms with E-state index in [0.29, 0.717) is 24.4 Å². The lowest BCUT2D eigenvalue weighted by atomic mass is 9.97. The topological polar surface area (TPSA) is 55.1 Å². The maximum Gasteiger partial charge on any atom is 0.137 e. The molecule has 1 saturated heterocycles. The highest BCUT2D eigenvalue weighted by atomic mass is 79.9. The second kappa shape index (κ2) is 5.65. The maximum absolute atomic E-state index is 11.9. The average molecular weight is 297 g/mol. The zero-order valence-corrected chi connectivity index (χ0v) is 11.3. The van der Waals surface area contributed by atoms with Crippen molar-refractivity contribution < 1.29 is 4.79 Å². The van der Waals surface area contributed by atoms with E-state index in [-0.39, 0.29) is 5.78 Å². The van der Waals surface area contributed by atoms with Crippen molar-refractivity contribution in [3.05, 3.63) is 28.2 Å². The molecular formula is C13H17BrN2O. The molecule has 0 saturated carbocycles. The molecule has 3 nitrogen and oxygen atoms in total. The molecule has 0 radical (unpaired) electrons. The summed E-state index contributed by atoms with van der Waals surface area (Å²) in [5.41, 5.74) is 7.49. The predicted octanol–water partition coefficient (Wildman–Crippen LogP) is 2.14. The quantitative estimate of drug-likeness (QED) is 0.837. The van der Waals surface area contributed by atoms with Gasteiger partial charge in [-0.1, -0.05) is 15.9 Å². The Labute approximate surface area is 110 Å². The summed E-state index contributed by atoms with van der Waals surface area (Å²) in [6.07, 6.45) is 2.22. The van der Waals surface area contributed by atoms with Crippen molar-refractivity contribution in [3.63, 3.8) is 0 Å². The van der Waals surface area contributed by atoms with Gasteiger partial charge in [0.1, 0.15) is 5.78 Å². The van der Waals surface area contributed by atoms with Crippen LogP contribution in [0.25, 0.3) is 0 Å². The molecule has 2 rings (SSSR count). The van der Waals surface area contributed by atoms with Gasteiger partial charge in [0.15, 0.2) is 0 Å². The normalized spacial score (nSPS) is 19.5. The van der Waals surface area contributed by atoms with E-state index in [1.165, 1.54) is 0 Å². The number of nitrogens with one attached hydrogen (secondary N) is 1. The number of benzene rings is 1. The number of nitrogen functional groups attached to an aromatic ring is 1. The standard InChI is InChI=1S/C13H17BrN2O/c14-11-1-2-13(15)10(6-11)7-12(17)5-9-3-4-16-8-9/h1-2,6,9,16H,3-5,7-8,15H2. The molecule has 0 amide bonds. The molecule has 1 aromatic carbocycles. The van der Waals surface area contributed by atoms with Crippen LogP contribution in [0.1, 0.15) is 18.4 Å². The van der Waals surface area contributed by atoms with E-state index in [1.807, 2.05) is 18.2 Å². The minimum atomic E-state index is 0.281. The molecule has 1 unspecified atom stereocenters. The summed E-state index contributed by atoms with van der Waals surface area (Å²) >= 11 is 3.40. The molecule has 1 atom stereocenters. The van der Waals surface area contributed by atoms with Crippen LogP contribution in [0.15, 0.2) is 22.7 Å². The maximum atomic E-state index is 11.9. The molecule has 1 aromatic rings. The van der Waals surface area contributed by atoms with Gasteiger partial charge in [0.2, 0.25) is 0 Å². The van der Waals surface area contributed by atoms with E-state index in [0.717, 1.165) is 29.5 Å². The molecule has 0 aromatic heterocycles. The molecule has 0 aliphatic carbocycles. The minimum absolute atomic E-state index is 0.281. The second-order valence-corrected chi connectivity index (χ2v) is 5.54. The first kappa shape index (κ1) is 12.6. The first-order chi connectivity index (χ1) is 8.15. The van der Waals surface area contributed by atoms with Gasteiger partial charge in [-0.3, -0.25) is 4.79 Å². The van der Waals surface area contributed by atoms with Crippen molar-refractivity contribution in [2.45, 2.75) is 19.3 Å². The van der Waals surface area contributed by atoms with Crippen LogP contribution >= 0.6 is 15.9 Å². The number of carbonyl (C=O) groups excluding carboxylic acids is 1. The Kier molecular flexibility index (Phi) is 4.18. The molecule has 0 bridgehead atoms. The van der Waals surface area contributed by atoms with Gasteiger partial charge >= 0.3 is 0 Å². The number of Topliss-reactive ketones (excluding diaryl/α,β-unsaturated/α-hetero) is 1. The van der Waals surface area contributed by atoms with E-state index in [9.17, 15) is 4.79 Å². The lowest BCUT2D eigenvalue weighted by molar-refractivity contribution is -0.119. The zero-order valence-electron chi connectivity index (χ0n) is 9.71. The van der Waals surface area contributed by atoms with Gasteiger partial charge in [-0.15, -0.1) is 0 Å². The molecule has 17 heavy (non-hydrogen) atoms. The number of hydrogen-bond acceptors (Lipinski definition) is 3. The van der Waals surface area contributed by atoms with Gasteiger partial charge in [0.05, 0.1) is 0 Å². The molecule has 92 valence electrons. The third-order valence-electron chi connectivity index (χ3n) is 3.17. The summed E-state index contributed by atoms with van der Waals surface area (Å²) < 4.78 is 0.969. The molecule has 1 fully saturated rings. The number of halogens is 1. The molecule has 3 N–H and O–H groups in total. The van der Waals surface area contributed by atoms with Crippen LogP contribution in [-0.4, -0.2) is 18.9 Å². The highest BCUT2D eigenvalue weighted by Gasteiger charge is 2.18. The number of rotatable bonds is 4. The van der Waals surface area contributed by atoms with E-state index in [2.05, 4.69) is 21.2 Å². The summed E-state index contributed by atoms with van der Waals surface area (Å²) in [4.78, 5) is 11.9. The van der Waals surface area contributed by atoms with Crippen molar-refractivity contribution in [3.8, 4) is 0 Å². The molecule has 4 heteroatoms. The fourth-order valence-corrected chi connectivity index (χ4v) is 2.63. The Morgan fingerprint density at radius 3 is 3.06 bits per heavy atom. The van der Waals surface area contributed by atoms with E-state index in [4.69, 9.17) is 5.73 Å². The number of ketones is 1. The summed E-state index contributed by atoms with van der Waals surface area (Å²) in [5, 5.41) is 3.28. The lowest BCUT2D eigenvalue weighted by Gasteiger charge is -2.09. The minimum Gasteiger partial charge on any atom is -0.398 e. The monoisotopic (exact) mass is 296 g/mol. The third-order valence-corrected chi connectivity index (χ3v) is 3.66. The largest absolute Gasteiger partial charge is 0.398 e. The van der Waals surface area contributed by atoms with Crippen LogP contribution in [0, 0.1) is 5.92 Å². The van der Waals surface area contributed by atoms with Crippen molar-refractivity contribution >= 4 is 27.4 Å². The highest BCUT2D eigenvalue weighted by Crippen LogP contribution is 2.21. The van der Waals surface area contributed by atoms with Crippen molar-refractivity contribution in [1.29, 1.82) is 0 Å². The lowest BCUT2D eigenvalue weighted by Crippen LogP contribution is -2.14. The first-order valence-corrected chi connectivity index (χ1v) is 6.71. The molecule has 1 aliphatic rings. The van der Waals surface area contributed by atoms with Gasteiger partial charge in [-0.25, -0.2) is 0 Å². The SMILES string of the molecule is Nc1ccc(Br)cc1CC(=O)CC1CCNC1. The van der Waals surface area contributed by atoms with Crippen molar-refractivity contribution in [2.75, 3.05) is 18.8 Å².